The Morgan fingerprint density at radius 1 is 0.160 bits per heavy atom. The highest BCUT2D eigenvalue weighted by molar-refractivity contribution is 5.93. The van der Waals surface area contributed by atoms with Crippen LogP contribution in [0.25, 0.3) is 135 Å². The van der Waals surface area contributed by atoms with E-state index in [0.29, 0.717) is 74.9 Å². The lowest BCUT2D eigenvalue weighted by molar-refractivity contribution is 0.435. The highest BCUT2D eigenvalue weighted by Crippen LogP contribution is 2.62. The lowest BCUT2D eigenvalue weighted by atomic mass is 9.63. The third-order valence-corrected chi connectivity index (χ3v) is 28.4. The van der Waals surface area contributed by atoms with Crippen molar-refractivity contribution in [3.05, 3.63) is 593 Å². The van der Waals surface area contributed by atoms with Gasteiger partial charge in [0.2, 0.25) is 0 Å². The summed E-state index contributed by atoms with van der Waals surface area (Å²) in [7, 11) is 0. The van der Waals surface area contributed by atoms with Gasteiger partial charge in [0.15, 0.2) is 52.4 Å². The first-order valence-electron chi connectivity index (χ1n) is 49.5. The van der Waals surface area contributed by atoms with Crippen molar-refractivity contribution in [2.75, 3.05) is 0 Å². The molecule has 21 aromatic carbocycles. The molecule has 0 fully saturated rings. The SMILES string of the molecule is N#Cc1ccc(-c2nc(-c3ccccc3)nc(-c3ccc4c(c3)C(c3ccccc3)(c3ccccc3)c3cc5ccccc5cc3O4)n2)cc1.N#Cc1ccc(-c2nc(-c3ccccc3)nc(-c3ccc4c(c3)Oc3cc5ccccc5cc3C4(c3ccccc3)c3ccccc3)n2)cc1.N#Cc1ccc(-c2nc(-c3ccccc3)nc(-c3cccc4c3Oc3cc5ccccc5cc3C4(c3ccccc3)c3ccccc3)n2)cc1. The Bertz CT molecular complexity index is 9190. The van der Waals surface area contributed by atoms with Gasteiger partial charge < -0.3 is 14.2 Å². The molecule has 0 atom stereocenters. The third kappa shape index (κ3) is 16.4. The van der Waals surface area contributed by atoms with Crippen molar-refractivity contribution in [1.82, 2.24) is 44.9 Å². The molecule has 15 heteroatoms. The first-order valence-corrected chi connectivity index (χ1v) is 49.5. The first kappa shape index (κ1) is 90.6. The molecular formula is C135H84N12O3. The van der Waals surface area contributed by atoms with E-state index in [1.165, 1.54) is 0 Å². The van der Waals surface area contributed by atoms with Crippen LogP contribution in [0.5, 0.6) is 34.5 Å². The van der Waals surface area contributed by atoms with Gasteiger partial charge in [0.25, 0.3) is 0 Å². The van der Waals surface area contributed by atoms with E-state index in [2.05, 4.69) is 346 Å². The Balaban J connectivity index is 0.000000116. The molecule has 0 amide bonds. The number of hydrogen-bond donors (Lipinski definition) is 0. The fourth-order valence-electron chi connectivity index (χ4n) is 21.4. The molecule has 702 valence electrons. The number of para-hydroxylation sites is 1. The summed E-state index contributed by atoms with van der Waals surface area (Å²) in [5.41, 5.74) is 20.1. The lowest BCUT2D eigenvalue weighted by Crippen LogP contribution is -2.34. The summed E-state index contributed by atoms with van der Waals surface area (Å²) in [6.07, 6.45) is 0. The fraction of sp³-hybridized carbons (Fsp3) is 0.0222. The van der Waals surface area contributed by atoms with Crippen molar-refractivity contribution in [3.8, 4) is 155 Å². The molecule has 0 spiro atoms. The predicted molar refractivity (Wildman–Crippen MR) is 590 cm³/mol. The number of nitriles is 3. The lowest BCUT2D eigenvalue weighted by Gasteiger charge is -2.42. The summed E-state index contributed by atoms with van der Waals surface area (Å²) in [5, 5.41) is 35.0. The van der Waals surface area contributed by atoms with Crippen LogP contribution in [0.2, 0.25) is 0 Å². The van der Waals surface area contributed by atoms with E-state index >= 15 is 0 Å². The number of fused-ring (bicyclic) bond motifs is 9. The summed E-state index contributed by atoms with van der Waals surface area (Å²) >= 11 is 0. The van der Waals surface area contributed by atoms with E-state index in [1.807, 2.05) is 146 Å². The van der Waals surface area contributed by atoms with E-state index < -0.39 is 16.2 Å². The maximum Gasteiger partial charge on any atom is 0.167 e. The smallest absolute Gasteiger partial charge is 0.167 e. The van der Waals surface area contributed by atoms with Crippen molar-refractivity contribution in [2.45, 2.75) is 16.2 Å². The Labute approximate surface area is 865 Å². The number of rotatable bonds is 15. The molecule has 0 saturated carbocycles. The van der Waals surface area contributed by atoms with Gasteiger partial charge in [-0.1, -0.05) is 370 Å². The summed E-state index contributed by atoms with van der Waals surface area (Å²) in [6, 6.07) is 180. The molecule has 0 radical (unpaired) electrons. The van der Waals surface area contributed by atoms with Crippen molar-refractivity contribution in [2.24, 2.45) is 0 Å². The third-order valence-electron chi connectivity index (χ3n) is 28.4. The molecule has 3 aromatic heterocycles. The van der Waals surface area contributed by atoms with Crippen LogP contribution in [0.15, 0.2) is 510 Å². The molecule has 6 heterocycles. The summed E-state index contributed by atoms with van der Waals surface area (Å²) in [5.74, 6) is 9.42. The van der Waals surface area contributed by atoms with Crippen LogP contribution in [0.3, 0.4) is 0 Å². The van der Waals surface area contributed by atoms with Gasteiger partial charge in [-0.15, -0.1) is 0 Å². The van der Waals surface area contributed by atoms with Crippen LogP contribution >= 0.6 is 0 Å². The average molecular weight is 1920 g/mol. The second kappa shape index (κ2) is 38.9. The zero-order valence-corrected chi connectivity index (χ0v) is 80.6. The van der Waals surface area contributed by atoms with Crippen LogP contribution in [-0.2, 0) is 16.2 Å². The Morgan fingerprint density at radius 3 is 0.720 bits per heavy atom. The normalized spacial score (nSPS) is 12.7. The van der Waals surface area contributed by atoms with Crippen molar-refractivity contribution in [1.29, 1.82) is 15.8 Å². The van der Waals surface area contributed by atoms with Crippen LogP contribution in [0, 0.1) is 34.0 Å². The minimum absolute atomic E-state index is 0.495. The minimum Gasteiger partial charge on any atom is -0.457 e. The van der Waals surface area contributed by atoms with Gasteiger partial charge in [0.1, 0.15) is 34.5 Å². The largest absolute Gasteiger partial charge is 0.457 e. The van der Waals surface area contributed by atoms with Crippen LogP contribution in [-0.4, -0.2) is 44.9 Å². The van der Waals surface area contributed by atoms with Gasteiger partial charge in [-0.05, 0) is 205 Å². The summed E-state index contributed by atoms with van der Waals surface area (Å²) in [6.45, 7) is 0. The molecule has 0 unspecified atom stereocenters. The molecule has 3 aliphatic rings. The maximum absolute atomic E-state index is 9.43. The average Bonchev–Trinajstić information content (AvgIpc) is 0.705. The van der Waals surface area contributed by atoms with Gasteiger partial charge in [-0.25, -0.2) is 44.9 Å². The van der Waals surface area contributed by atoms with Gasteiger partial charge in [0.05, 0.1) is 56.7 Å². The molecule has 0 aliphatic carbocycles. The van der Waals surface area contributed by atoms with Crippen molar-refractivity contribution in [3.63, 3.8) is 0 Å². The van der Waals surface area contributed by atoms with E-state index in [4.69, 9.17) is 59.1 Å². The van der Waals surface area contributed by atoms with Gasteiger partial charge >= 0.3 is 0 Å². The predicted octanol–water partition coefficient (Wildman–Crippen LogP) is 31.2. The fourth-order valence-corrected chi connectivity index (χ4v) is 21.4. The van der Waals surface area contributed by atoms with Gasteiger partial charge in [-0.3, -0.25) is 0 Å². The van der Waals surface area contributed by atoms with Gasteiger partial charge in [0, 0.05) is 77.9 Å². The first-order chi connectivity index (χ1) is 74.1. The Morgan fingerprint density at radius 2 is 0.393 bits per heavy atom. The molecule has 15 nitrogen and oxygen atoms in total. The second-order valence-electron chi connectivity index (χ2n) is 37.0. The molecule has 3 aliphatic heterocycles. The number of aromatic nitrogens is 9. The summed E-state index contributed by atoms with van der Waals surface area (Å²) in [4.78, 5) is 44.9. The van der Waals surface area contributed by atoms with Crippen LogP contribution in [0.1, 0.15) is 83.5 Å². The van der Waals surface area contributed by atoms with E-state index in [9.17, 15) is 15.8 Å². The van der Waals surface area contributed by atoms with Crippen LogP contribution < -0.4 is 14.2 Å². The van der Waals surface area contributed by atoms with Crippen molar-refractivity contribution < 1.29 is 14.2 Å². The molecule has 0 bridgehead atoms. The molecule has 0 N–H and O–H groups in total. The highest BCUT2D eigenvalue weighted by Gasteiger charge is 2.50. The van der Waals surface area contributed by atoms with Crippen LogP contribution in [0.4, 0.5) is 0 Å². The Kier molecular flexibility index (Phi) is 23.5. The molecule has 150 heavy (non-hydrogen) atoms. The molecular weight excluding hydrogens is 1840 g/mol. The second-order valence-corrected chi connectivity index (χ2v) is 37.0. The quantitative estimate of drug-likeness (QED) is 0.0933. The molecule has 24 aromatic rings. The zero-order valence-electron chi connectivity index (χ0n) is 80.6. The number of hydrogen-bond acceptors (Lipinski definition) is 15. The summed E-state index contributed by atoms with van der Waals surface area (Å²) < 4.78 is 20.8. The monoisotopic (exact) mass is 1920 g/mol. The highest BCUT2D eigenvalue weighted by atomic mass is 16.5. The van der Waals surface area contributed by atoms with E-state index in [0.717, 1.165) is 178 Å². The minimum atomic E-state index is -0.712. The number of ether oxygens (including phenoxy) is 3. The van der Waals surface area contributed by atoms with E-state index in [1.54, 1.807) is 36.4 Å². The zero-order chi connectivity index (χ0) is 100. The van der Waals surface area contributed by atoms with Gasteiger partial charge in [-0.2, -0.15) is 15.8 Å². The number of nitrogens with zero attached hydrogens (tertiary/aromatic N) is 12. The van der Waals surface area contributed by atoms with Crippen molar-refractivity contribution >= 4 is 32.3 Å². The maximum atomic E-state index is 9.43. The molecule has 27 rings (SSSR count). The van der Waals surface area contributed by atoms with E-state index in [-0.39, 0.29) is 0 Å². The number of benzene rings is 21. The molecule has 0 saturated heterocycles. The Hall–Kier alpha value is -20.7. The standard InChI is InChI=1S/3C45H28N4O/c46-29-30-23-25-32(26-24-30)43-47-42(31-13-4-1-5-14-31)48-44(49-43)37-21-12-22-38-41(37)50-40-28-34-16-11-10-15-33(34)27-39(40)45(38,35-17-6-2-7-18-35)36-19-8-3-9-20-36;46-29-30-20-22-32(23-21-30)43-47-42(31-12-4-1-5-13-31)48-44(49-43)35-24-25-40-38(27-35)45(36-16-6-2-7-17-36,37-18-8-3-9-19-37)39-26-33-14-10-11-15-34(33)28-41(39)50-40;46-29-30-20-22-32(23-21-30)43-47-42(31-12-4-1-5-13-31)48-44(49-43)35-24-25-38-40(28-35)50-41-27-34-15-11-10-14-33(34)26-39(41)45(38,36-16-6-2-7-17-36)37-18-8-3-9-19-37/h3*1-28H. The topological polar surface area (TPSA) is 215 Å².